The third-order valence-electron chi connectivity index (χ3n) is 0.983. The Morgan fingerprint density at radius 3 is 2.43 bits per heavy atom. The van der Waals surface area contributed by atoms with Gasteiger partial charge in [-0.25, -0.2) is 0 Å². The lowest BCUT2D eigenvalue weighted by Gasteiger charge is -2.12. The maximum absolute atomic E-state index is 5.26. The Bertz CT molecular complexity index is 64.1. The smallest absolute Gasteiger partial charge is 0.305 e. The lowest BCUT2D eigenvalue weighted by atomic mass is 10.2. The van der Waals surface area contributed by atoms with Crippen LogP contribution in [0.3, 0.4) is 0 Å². The van der Waals surface area contributed by atoms with Crippen molar-refractivity contribution >= 4 is 10.0 Å². The Morgan fingerprint density at radius 2 is 2.29 bits per heavy atom. The molecule has 0 spiro atoms. The van der Waals surface area contributed by atoms with Gasteiger partial charge in [0.1, 0.15) is 0 Å². The first-order chi connectivity index (χ1) is 3.21. The second kappa shape index (κ2) is 1.58. The van der Waals surface area contributed by atoms with E-state index in [1.165, 1.54) is 0 Å². The monoisotopic (exact) mass is 118 g/mol. The Labute approximate surface area is 45.9 Å². The summed E-state index contributed by atoms with van der Waals surface area (Å²) in [5, 5.41) is 0. The van der Waals surface area contributed by atoms with E-state index in [0.717, 1.165) is 6.61 Å². The summed E-state index contributed by atoms with van der Waals surface area (Å²) in [5.41, 5.74) is 0.0340. The molecule has 0 N–H and O–H groups in total. The van der Waals surface area contributed by atoms with Gasteiger partial charge in [-0.1, -0.05) is 0 Å². The van der Waals surface area contributed by atoms with Gasteiger partial charge in [-0.3, -0.25) is 0 Å². The highest BCUT2D eigenvalue weighted by atomic mass is 28.3. The van der Waals surface area contributed by atoms with Gasteiger partial charge < -0.3 is 8.85 Å². The van der Waals surface area contributed by atoms with Gasteiger partial charge in [0, 0.05) is 0 Å². The van der Waals surface area contributed by atoms with E-state index >= 15 is 0 Å². The molecule has 1 rings (SSSR count). The molecule has 0 radical (unpaired) electrons. The molecule has 1 aliphatic heterocycles. The molecule has 1 saturated heterocycles. The van der Waals surface area contributed by atoms with Crippen LogP contribution in [0.1, 0.15) is 13.8 Å². The minimum Gasteiger partial charge on any atom is -0.396 e. The molecule has 0 atom stereocenters. The highest BCUT2D eigenvalue weighted by Gasteiger charge is 2.23. The fourth-order valence-corrected chi connectivity index (χ4v) is 1.59. The van der Waals surface area contributed by atoms with Crippen molar-refractivity contribution in [3.05, 3.63) is 0 Å². The first-order valence-corrected chi connectivity index (χ1v) is 3.58. The average Bonchev–Trinajstić information content (AvgIpc) is 1.84. The van der Waals surface area contributed by atoms with Crippen LogP contribution in [0.4, 0.5) is 0 Å². The van der Waals surface area contributed by atoms with E-state index in [1.807, 2.05) is 13.8 Å². The van der Waals surface area contributed by atoms with E-state index in [-0.39, 0.29) is 5.60 Å². The highest BCUT2D eigenvalue weighted by molar-refractivity contribution is 6.19. The van der Waals surface area contributed by atoms with E-state index in [0.29, 0.717) is 0 Å². The number of rotatable bonds is 0. The quantitative estimate of drug-likeness (QED) is 0.410. The molecule has 0 saturated carbocycles. The van der Waals surface area contributed by atoms with Crippen LogP contribution in [0, 0.1) is 0 Å². The lowest BCUT2D eigenvalue weighted by molar-refractivity contribution is 0.139. The highest BCUT2D eigenvalue weighted by Crippen LogP contribution is 2.13. The van der Waals surface area contributed by atoms with Crippen molar-refractivity contribution < 1.29 is 8.85 Å². The zero-order valence-corrected chi connectivity index (χ0v) is 6.14. The van der Waals surface area contributed by atoms with Crippen molar-refractivity contribution in [2.75, 3.05) is 6.61 Å². The molecule has 1 aliphatic rings. The molecule has 0 aromatic heterocycles. The summed E-state index contributed by atoms with van der Waals surface area (Å²) in [6.45, 7) is 4.89. The molecule has 0 aliphatic carbocycles. The Balaban J connectivity index is 2.40. The fourth-order valence-electron chi connectivity index (χ4n) is 0.530. The van der Waals surface area contributed by atoms with E-state index < -0.39 is 10.0 Å². The molecular formula is C4H10O2Si. The first kappa shape index (κ1) is 5.28. The zero-order valence-electron chi connectivity index (χ0n) is 4.73. The predicted octanol–water partition coefficient (Wildman–Crippen LogP) is -0.189. The number of hydrogen-bond donors (Lipinski definition) is 0. The van der Waals surface area contributed by atoms with Crippen LogP contribution >= 0.6 is 0 Å². The van der Waals surface area contributed by atoms with E-state index in [1.54, 1.807) is 0 Å². The summed E-state index contributed by atoms with van der Waals surface area (Å²) in [7, 11) is -0.561. The van der Waals surface area contributed by atoms with Gasteiger partial charge in [0.05, 0.1) is 12.2 Å². The molecule has 0 amide bonds. The van der Waals surface area contributed by atoms with Crippen LogP contribution in [-0.4, -0.2) is 22.2 Å². The third kappa shape index (κ3) is 1.26. The second-order valence-electron chi connectivity index (χ2n) is 2.37. The molecule has 0 bridgehead atoms. The Kier molecular flexibility index (Phi) is 1.19. The maximum atomic E-state index is 5.26. The summed E-state index contributed by atoms with van der Waals surface area (Å²) in [5.74, 6) is 0. The minimum atomic E-state index is -0.561. The summed E-state index contributed by atoms with van der Waals surface area (Å²) < 4.78 is 10.3. The summed E-state index contributed by atoms with van der Waals surface area (Å²) in [6.07, 6.45) is 0. The topological polar surface area (TPSA) is 18.5 Å². The van der Waals surface area contributed by atoms with Crippen LogP contribution in [0.2, 0.25) is 0 Å². The summed E-state index contributed by atoms with van der Waals surface area (Å²) in [6, 6.07) is 0. The first-order valence-electron chi connectivity index (χ1n) is 2.42. The van der Waals surface area contributed by atoms with Gasteiger partial charge in [0.2, 0.25) is 0 Å². The van der Waals surface area contributed by atoms with Crippen molar-refractivity contribution in [2.24, 2.45) is 0 Å². The van der Waals surface area contributed by atoms with Crippen LogP contribution in [-0.2, 0) is 8.85 Å². The molecule has 7 heavy (non-hydrogen) atoms. The third-order valence-corrected chi connectivity index (χ3v) is 2.25. The predicted molar refractivity (Wildman–Crippen MR) is 29.7 cm³/mol. The van der Waals surface area contributed by atoms with Gasteiger partial charge in [-0.05, 0) is 13.8 Å². The van der Waals surface area contributed by atoms with Crippen molar-refractivity contribution in [2.45, 2.75) is 19.4 Å². The Hall–Kier alpha value is 0.137. The number of hydrogen-bond acceptors (Lipinski definition) is 2. The average molecular weight is 118 g/mol. The maximum Gasteiger partial charge on any atom is 0.305 e. The van der Waals surface area contributed by atoms with Crippen molar-refractivity contribution in [3.63, 3.8) is 0 Å². The molecule has 1 heterocycles. The van der Waals surface area contributed by atoms with E-state index in [9.17, 15) is 0 Å². The molecule has 0 aromatic rings. The van der Waals surface area contributed by atoms with Crippen LogP contribution < -0.4 is 0 Å². The SMILES string of the molecule is CC1(C)CO[SiH2]O1. The minimum absolute atomic E-state index is 0.0340. The summed E-state index contributed by atoms with van der Waals surface area (Å²) in [4.78, 5) is 0. The van der Waals surface area contributed by atoms with Gasteiger partial charge in [0.25, 0.3) is 0 Å². The molecule has 0 unspecified atom stereocenters. The molecule has 1 fully saturated rings. The van der Waals surface area contributed by atoms with E-state index in [2.05, 4.69) is 0 Å². The standard InChI is InChI=1S/C4H10O2Si/c1-4(2)3-5-7-6-4/h3,7H2,1-2H3. The van der Waals surface area contributed by atoms with E-state index in [4.69, 9.17) is 8.85 Å². The normalized spacial score (nSPS) is 31.7. The van der Waals surface area contributed by atoms with Crippen molar-refractivity contribution in [3.8, 4) is 0 Å². The van der Waals surface area contributed by atoms with Crippen LogP contribution in [0.15, 0.2) is 0 Å². The summed E-state index contributed by atoms with van der Waals surface area (Å²) >= 11 is 0. The van der Waals surface area contributed by atoms with Crippen LogP contribution in [0.5, 0.6) is 0 Å². The van der Waals surface area contributed by atoms with Gasteiger partial charge in [-0.15, -0.1) is 0 Å². The largest absolute Gasteiger partial charge is 0.396 e. The van der Waals surface area contributed by atoms with Crippen molar-refractivity contribution in [1.82, 2.24) is 0 Å². The van der Waals surface area contributed by atoms with Gasteiger partial charge >= 0.3 is 10.0 Å². The van der Waals surface area contributed by atoms with Crippen molar-refractivity contribution in [1.29, 1.82) is 0 Å². The second-order valence-corrected chi connectivity index (χ2v) is 3.30. The molecular weight excluding hydrogens is 108 g/mol. The van der Waals surface area contributed by atoms with Gasteiger partial charge in [-0.2, -0.15) is 0 Å². The van der Waals surface area contributed by atoms with Crippen LogP contribution in [0.25, 0.3) is 0 Å². The molecule has 42 valence electrons. The molecule has 0 aromatic carbocycles. The zero-order chi connectivity index (χ0) is 5.33. The molecule has 3 heteroatoms. The lowest BCUT2D eigenvalue weighted by Crippen LogP contribution is -2.21. The van der Waals surface area contributed by atoms with Gasteiger partial charge in [0.15, 0.2) is 0 Å². The Morgan fingerprint density at radius 1 is 1.57 bits per heavy atom. The fraction of sp³-hybridized carbons (Fsp3) is 1.00. The molecule has 2 nitrogen and oxygen atoms in total.